The number of aromatic nitrogens is 1. The van der Waals surface area contributed by atoms with Gasteiger partial charge in [-0.3, -0.25) is 4.79 Å². The highest BCUT2D eigenvalue weighted by molar-refractivity contribution is 7.17. The van der Waals surface area contributed by atoms with Gasteiger partial charge in [0.2, 0.25) is 0 Å². The number of aryl methyl sites for hydroxylation is 1. The van der Waals surface area contributed by atoms with Gasteiger partial charge in [0.05, 0.1) is 12.6 Å². The first kappa shape index (κ1) is 25.8. The maximum atomic E-state index is 12.7. The Morgan fingerprint density at radius 3 is 2.44 bits per heavy atom. The zero-order chi connectivity index (χ0) is 26.2. The number of methoxy groups -OCH3 is 1. The Morgan fingerprint density at radius 2 is 1.83 bits per heavy atom. The number of thiophene rings is 1. The molecule has 2 heterocycles. The number of ether oxygens (including phenoxy) is 2. The third-order valence-electron chi connectivity index (χ3n) is 6.39. The van der Waals surface area contributed by atoms with Crippen LogP contribution in [0.3, 0.4) is 0 Å². The molecule has 2 N–H and O–H groups in total. The van der Waals surface area contributed by atoms with E-state index in [4.69, 9.17) is 9.47 Å². The molecule has 0 spiro atoms. The van der Waals surface area contributed by atoms with Gasteiger partial charge in [0.1, 0.15) is 16.1 Å². The number of alkyl carbamates (subject to hydrolysis) is 1. The minimum atomic E-state index is -0.535. The summed E-state index contributed by atoms with van der Waals surface area (Å²) in [4.78, 5) is 28.0. The van der Waals surface area contributed by atoms with Crippen LogP contribution in [0.4, 0.5) is 4.79 Å². The van der Waals surface area contributed by atoms with Crippen LogP contribution in [-0.2, 0) is 4.74 Å². The van der Waals surface area contributed by atoms with Gasteiger partial charge >= 0.3 is 6.09 Å². The van der Waals surface area contributed by atoms with Crippen molar-refractivity contribution >= 4 is 38.4 Å². The highest BCUT2D eigenvalue weighted by atomic mass is 32.1. The number of fused-ring (bicyclic) bond motifs is 3. The Morgan fingerprint density at radius 1 is 1.14 bits per heavy atom. The molecule has 0 aliphatic heterocycles. The zero-order valence-electron chi connectivity index (χ0n) is 21.9. The summed E-state index contributed by atoms with van der Waals surface area (Å²) in [6, 6.07) is 12.4. The number of hydrogen-bond donors (Lipinski definition) is 2. The molecule has 0 radical (unpaired) electrons. The van der Waals surface area contributed by atoms with Crippen LogP contribution in [0.5, 0.6) is 5.75 Å². The number of benzene rings is 2. The van der Waals surface area contributed by atoms with E-state index >= 15 is 0 Å². The van der Waals surface area contributed by atoms with Crippen molar-refractivity contribution < 1.29 is 14.3 Å². The van der Waals surface area contributed by atoms with Gasteiger partial charge < -0.3 is 19.8 Å². The number of carbonyl (C=O) groups excluding carboxylic acids is 1. The summed E-state index contributed by atoms with van der Waals surface area (Å²) in [7, 11) is 1.67. The van der Waals surface area contributed by atoms with E-state index < -0.39 is 11.7 Å². The van der Waals surface area contributed by atoms with Gasteiger partial charge in [-0.25, -0.2) is 4.79 Å². The average molecular weight is 507 g/mol. The lowest BCUT2D eigenvalue weighted by Crippen LogP contribution is -2.35. The van der Waals surface area contributed by atoms with Crippen molar-refractivity contribution in [1.82, 2.24) is 10.3 Å². The lowest BCUT2D eigenvalue weighted by molar-refractivity contribution is 0.0522. The molecule has 2 aromatic heterocycles. The molecule has 4 aromatic rings. The summed E-state index contributed by atoms with van der Waals surface area (Å²) in [5.41, 5.74) is 4.27. The van der Waals surface area contributed by atoms with Crippen molar-refractivity contribution in [3.63, 3.8) is 0 Å². The molecule has 7 heteroatoms. The van der Waals surface area contributed by atoms with E-state index in [0.717, 1.165) is 44.3 Å². The van der Waals surface area contributed by atoms with E-state index in [1.165, 1.54) is 11.3 Å². The van der Waals surface area contributed by atoms with Crippen LogP contribution >= 0.6 is 11.3 Å². The SMILES string of the molecule is COc1cc(C)c2[nH]c(=O)c3sccc3c2c1-c1ccc(C(CNC(=O)OC(C)(C)C)C(C)C)cc1. The zero-order valence-corrected chi connectivity index (χ0v) is 22.8. The smallest absolute Gasteiger partial charge is 0.407 e. The molecule has 0 fully saturated rings. The molecule has 1 amide bonds. The summed E-state index contributed by atoms with van der Waals surface area (Å²) >= 11 is 1.44. The van der Waals surface area contributed by atoms with Crippen molar-refractivity contribution in [2.45, 2.75) is 53.1 Å². The van der Waals surface area contributed by atoms with Crippen LogP contribution in [0, 0.1) is 12.8 Å². The van der Waals surface area contributed by atoms with Crippen LogP contribution in [0.15, 0.2) is 46.6 Å². The highest BCUT2D eigenvalue weighted by Crippen LogP contribution is 2.42. The third-order valence-corrected chi connectivity index (χ3v) is 7.30. The largest absolute Gasteiger partial charge is 0.496 e. The van der Waals surface area contributed by atoms with E-state index in [-0.39, 0.29) is 11.5 Å². The van der Waals surface area contributed by atoms with Crippen molar-refractivity contribution in [3.05, 3.63) is 63.3 Å². The number of amides is 1. The van der Waals surface area contributed by atoms with Crippen molar-refractivity contribution in [3.8, 4) is 16.9 Å². The van der Waals surface area contributed by atoms with E-state index in [9.17, 15) is 9.59 Å². The molecule has 1 unspecified atom stereocenters. The summed E-state index contributed by atoms with van der Waals surface area (Å²) in [6.45, 7) is 12.3. The number of H-pyrrole nitrogens is 1. The minimum Gasteiger partial charge on any atom is -0.496 e. The van der Waals surface area contributed by atoms with Gasteiger partial charge in [-0.2, -0.15) is 0 Å². The van der Waals surface area contributed by atoms with Crippen molar-refractivity contribution in [2.75, 3.05) is 13.7 Å². The lowest BCUT2D eigenvalue weighted by atomic mass is 9.87. The maximum Gasteiger partial charge on any atom is 0.407 e. The fourth-order valence-corrected chi connectivity index (χ4v) is 5.45. The molecule has 0 aliphatic carbocycles. The van der Waals surface area contributed by atoms with Crippen LogP contribution in [-0.4, -0.2) is 30.3 Å². The van der Waals surface area contributed by atoms with Crippen LogP contribution < -0.4 is 15.6 Å². The Balaban J connectivity index is 1.75. The van der Waals surface area contributed by atoms with E-state index in [1.54, 1.807) is 7.11 Å². The molecule has 0 saturated heterocycles. The first-order valence-electron chi connectivity index (χ1n) is 12.2. The number of hydrogen-bond acceptors (Lipinski definition) is 5. The van der Waals surface area contributed by atoms with Crippen LogP contribution in [0.1, 0.15) is 51.7 Å². The second-order valence-corrected chi connectivity index (χ2v) is 11.4. The topological polar surface area (TPSA) is 80.4 Å². The molecule has 36 heavy (non-hydrogen) atoms. The highest BCUT2D eigenvalue weighted by Gasteiger charge is 2.22. The molecule has 1 atom stereocenters. The molecular formula is C29H34N2O4S. The number of pyridine rings is 1. The molecule has 0 saturated carbocycles. The first-order valence-corrected chi connectivity index (χ1v) is 13.1. The van der Waals surface area contributed by atoms with E-state index in [2.05, 4.69) is 48.4 Å². The maximum absolute atomic E-state index is 12.7. The molecule has 6 nitrogen and oxygen atoms in total. The van der Waals surface area contributed by atoms with Crippen LogP contribution in [0.2, 0.25) is 0 Å². The standard InChI is InChI=1S/C29H34N2O4S/c1-16(2)21(15-30-28(33)35-29(4,5)6)18-8-10-19(11-9-18)23-22(34-7)14-17(3)25-24(23)20-12-13-36-26(20)27(32)31-25/h8-14,16,21H,15H2,1-7H3,(H,30,33)(H,31,32). The monoisotopic (exact) mass is 506 g/mol. The molecule has 0 bridgehead atoms. The van der Waals surface area contributed by atoms with E-state index in [0.29, 0.717) is 17.2 Å². The molecule has 4 rings (SSSR count). The van der Waals surface area contributed by atoms with Crippen molar-refractivity contribution in [2.24, 2.45) is 5.92 Å². The number of aromatic amines is 1. The van der Waals surface area contributed by atoms with Gasteiger partial charge in [-0.15, -0.1) is 11.3 Å². The van der Waals surface area contributed by atoms with Gasteiger partial charge in [-0.1, -0.05) is 38.1 Å². The predicted octanol–water partition coefficient (Wildman–Crippen LogP) is 6.99. The van der Waals surface area contributed by atoms with Gasteiger partial charge in [0.15, 0.2) is 0 Å². The second kappa shape index (κ2) is 9.97. The third kappa shape index (κ3) is 5.12. The summed E-state index contributed by atoms with van der Waals surface area (Å²) in [6.07, 6.45) is -0.408. The second-order valence-electron chi connectivity index (χ2n) is 10.5. The minimum absolute atomic E-state index is 0.0701. The van der Waals surface area contributed by atoms with Crippen LogP contribution in [0.25, 0.3) is 32.1 Å². The lowest BCUT2D eigenvalue weighted by Gasteiger charge is -2.24. The molecule has 0 aliphatic rings. The molecule has 2 aromatic carbocycles. The Hall–Kier alpha value is -3.32. The van der Waals surface area contributed by atoms with Gasteiger partial charge in [0.25, 0.3) is 5.56 Å². The summed E-state index contributed by atoms with van der Waals surface area (Å²) < 4.78 is 11.9. The Labute approximate surface area is 215 Å². The summed E-state index contributed by atoms with van der Waals surface area (Å²) in [5.74, 6) is 1.21. The average Bonchev–Trinajstić information content (AvgIpc) is 3.29. The molecule has 190 valence electrons. The summed E-state index contributed by atoms with van der Waals surface area (Å²) in [5, 5.41) is 6.79. The van der Waals surface area contributed by atoms with Gasteiger partial charge in [-0.05, 0) is 67.8 Å². The fraction of sp³-hybridized carbons (Fsp3) is 0.379. The number of carbonyl (C=O) groups is 1. The quantitative estimate of drug-likeness (QED) is 0.295. The normalized spacial score (nSPS) is 12.8. The van der Waals surface area contributed by atoms with Crippen molar-refractivity contribution in [1.29, 1.82) is 0 Å². The Kier molecular flexibility index (Phi) is 7.14. The van der Waals surface area contributed by atoms with Gasteiger partial charge in [0, 0.05) is 28.8 Å². The first-order chi connectivity index (χ1) is 17.0. The Bertz CT molecular complexity index is 1460. The number of rotatable bonds is 6. The molecular weight excluding hydrogens is 472 g/mol. The predicted molar refractivity (Wildman–Crippen MR) is 148 cm³/mol. The fourth-order valence-electron chi connectivity index (χ4n) is 4.66. The van der Waals surface area contributed by atoms with E-state index in [1.807, 2.05) is 45.2 Å². The number of nitrogens with one attached hydrogen (secondary N) is 2.